The molecule has 6 nitrogen and oxygen atoms in total. The van der Waals surface area contributed by atoms with Crippen molar-refractivity contribution in [3.05, 3.63) is 125 Å². The highest BCUT2D eigenvalue weighted by Gasteiger charge is 2.18. The summed E-state index contributed by atoms with van der Waals surface area (Å²) in [6.45, 7) is 0. The van der Waals surface area contributed by atoms with Crippen molar-refractivity contribution in [1.82, 2.24) is 4.57 Å². The van der Waals surface area contributed by atoms with Crippen molar-refractivity contribution in [2.75, 3.05) is 5.32 Å². The highest BCUT2D eigenvalue weighted by molar-refractivity contribution is 7.07. The normalized spacial score (nSPS) is 12.2. The number of halogens is 3. The Hall–Kier alpha value is -4.06. The first-order valence-electron chi connectivity index (χ1n) is 11.4. The molecule has 3 aromatic carbocycles. The summed E-state index contributed by atoms with van der Waals surface area (Å²) in [4.78, 5) is 26.8. The molecule has 0 atom stereocenters. The number of hydrogen-bond acceptors (Lipinski definition) is 5. The van der Waals surface area contributed by atoms with Gasteiger partial charge in [-0.25, -0.2) is 0 Å². The maximum atomic E-state index is 13.6. The Labute approximate surface area is 241 Å². The Morgan fingerprint density at radius 1 is 0.949 bits per heavy atom. The van der Waals surface area contributed by atoms with Crippen LogP contribution in [0.15, 0.2) is 94.1 Å². The summed E-state index contributed by atoms with van der Waals surface area (Å²) in [6, 6.07) is 26.0. The molecule has 1 amide bonds. The van der Waals surface area contributed by atoms with E-state index in [4.69, 9.17) is 39.2 Å². The Bertz CT molecular complexity index is 1940. The molecule has 10 heteroatoms. The lowest BCUT2D eigenvalue weighted by Crippen LogP contribution is -2.32. The highest BCUT2D eigenvalue weighted by atomic mass is 35.5. The molecule has 0 spiro atoms. The summed E-state index contributed by atoms with van der Waals surface area (Å²) in [6.07, 6.45) is 1.57. The van der Waals surface area contributed by atoms with Crippen LogP contribution in [0.3, 0.4) is 0 Å². The molecule has 1 N–H and O–H groups in total. The number of rotatable bonds is 5. The van der Waals surface area contributed by atoms with E-state index in [0.29, 0.717) is 32.8 Å². The van der Waals surface area contributed by atoms with E-state index in [0.717, 1.165) is 11.3 Å². The van der Waals surface area contributed by atoms with Crippen LogP contribution in [-0.4, -0.2) is 10.5 Å². The summed E-state index contributed by atoms with van der Waals surface area (Å²) in [7, 11) is 0. The Morgan fingerprint density at radius 3 is 2.41 bits per heavy atom. The smallest absolute Gasteiger partial charge is 0.273 e. The van der Waals surface area contributed by atoms with Gasteiger partial charge < -0.3 is 9.73 Å². The number of aromatic nitrogens is 1. The lowest BCUT2D eigenvalue weighted by molar-refractivity contribution is -0.111. The van der Waals surface area contributed by atoms with Crippen molar-refractivity contribution in [3.63, 3.8) is 0 Å². The third-order valence-corrected chi connectivity index (χ3v) is 7.58. The highest BCUT2D eigenvalue weighted by Crippen LogP contribution is 2.29. The molecule has 39 heavy (non-hydrogen) atoms. The van der Waals surface area contributed by atoms with Gasteiger partial charge in [0.05, 0.1) is 26.0 Å². The Balaban J connectivity index is 1.67. The molecule has 192 valence electrons. The average Bonchev–Trinajstić information content (AvgIpc) is 3.51. The number of furan rings is 1. The molecular formula is C29H16Cl3N3O3S. The average molecular weight is 593 g/mol. The van der Waals surface area contributed by atoms with Crippen LogP contribution in [0.2, 0.25) is 15.1 Å². The molecule has 0 aliphatic heterocycles. The minimum atomic E-state index is -0.724. The van der Waals surface area contributed by atoms with E-state index in [1.54, 1.807) is 60.7 Å². The van der Waals surface area contributed by atoms with Crippen LogP contribution in [-0.2, 0) is 4.79 Å². The van der Waals surface area contributed by atoms with Crippen LogP contribution in [0.25, 0.3) is 28.7 Å². The van der Waals surface area contributed by atoms with Gasteiger partial charge in [-0.05, 0) is 54.6 Å². The van der Waals surface area contributed by atoms with Crippen molar-refractivity contribution < 1.29 is 9.21 Å². The first-order chi connectivity index (χ1) is 18.9. The number of amides is 1. The molecule has 5 aromatic rings. The maximum absolute atomic E-state index is 13.6. The van der Waals surface area contributed by atoms with Gasteiger partial charge >= 0.3 is 0 Å². The molecule has 0 unspecified atom stereocenters. The van der Waals surface area contributed by atoms with E-state index in [2.05, 4.69) is 5.32 Å². The van der Waals surface area contributed by atoms with E-state index >= 15 is 0 Å². The van der Waals surface area contributed by atoms with Crippen LogP contribution in [0.4, 0.5) is 5.69 Å². The minimum absolute atomic E-state index is 0.153. The van der Waals surface area contributed by atoms with Gasteiger partial charge in [-0.15, -0.1) is 11.3 Å². The zero-order valence-electron chi connectivity index (χ0n) is 19.8. The van der Waals surface area contributed by atoms with Gasteiger partial charge in [0.15, 0.2) is 5.57 Å². The monoisotopic (exact) mass is 591 g/mol. The number of nitriles is 1. The molecule has 0 bridgehead atoms. The van der Waals surface area contributed by atoms with Crippen LogP contribution in [0.5, 0.6) is 0 Å². The fourth-order valence-electron chi connectivity index (χ4n) is 3.80. The van der Waals surface area contributed by atoms with Gasteiger partial charge in [-0.2, -0.15) is 5.26 Å². The number of nitrogens with zero attached hydrogens (tertiary/aromatic N) is 2. The van der Waals surface area contributed by atoms with Crippen LogP contribution < -0.4 is 20.1 Å². The molecular weight excluding hydrogens is 577 g/mol. The van der Waals surface area contributed by atoms with E-state index in [1.807, 2.05) is 24.3 Å². The summed E-state index contributed by atoms with van der Waals surface area (Å²) in [5.41, 5.74) is 0.808. The van der Waals surface area contributed by atoms with E-state index in [-0.39, 0.29) is 25.5 Å². The largest absolute Gasteiger partial charge is 0.457 e. The fourth-order valence-corrected chi connectivity index (χ4v) is 5.56. The Morgan fingerprint density at radius 2 is 1.69 bits per heavy atom. The molecule has 2 aromatic heterocycles. The molecule has 2 heterocycles. The molecule has 0 aliphatic rings. The van der Waals surface area contributed by atoms with Crippen molar-refractivity contribution in [2.24, 2.45) is 0 Å². The summed E-state index contributed by atoms with van der Waals surface area (Å²) >= 11 is 19.4. The van der Waals surface area contributed by atoms with E-state index in [1.165, 1.54) is 16.7 Å². The van der Waals surface area contributed by atoms with Crippen molar-refractivity contribution in [1.29, 1.82) is 5.26 Å². The predicted octanol–water partition coefficient (Wildman–Crippen LogP) is 6.26. The van der Waals surface area contributed by atoms with Crippen LogP contribution >= 0.6 is 46.1 Å². The molecule has 0 saturated carbocycles. The number of nitrogens with one attached hydrogen (secondary N) is 1. The second-order valence-corrected chi connectivity index (χ2v) is 10.4. The summed E-state index contributed by atoms with van der Waals surface area (Å²) in [5, 5.41) is 13.8. The van der Waals surface area contributed by atoms with E-state index in [9.17, 15) is 14.9 Å². The number of hydrogen-bond donors (Lipinski definition) is 1. The predicted molar refractivity (Wildman–Crippen MR) is 156 cm³/mol. The van der Waals surface area contributed by atoms with Crippen molar-refractivity contribution in [3.8, 4) is 23.1 Å². The van der Waals surface area contributed by atoms with Gasteiger partial charge in [-0.3, -0.25) is 14.2 Å². The molecule has 0 radical (unpaired) electrons. The zero-order valence-corrected chi connectivity index (χ0v) is 22.9. The molecule has 0 saturated heterocycles. The number of carbonyl (C=O) groups excluding carboxylic acids is 1. The second-order valence-electron chi connectivity index (χ2n) is 8.14. The topological polar surface area (TPSA) is 88.0 Å². The third-order valence-electron chi connectivity index (χ3n) is 5.61. The second kappa shape index (κ2) is 11.4. The Kier molecular flexibility index (Phi) is 7.73. The van der Waals surface area contributed by atoms with Gasteiger partial charge in [0.25, 0.3) is 11.5 Å². The van der Waals surface area contributed by atoms with Gasteiger partial charge in [0, 0.05) is 16.7 Å². The lowest BCUT2D eigenvalue weighted by Gasteiger charge is -2.07. The van der Waals surface area contributed by atoms with Gasteiger partial charge in [0.2, 0.25) is 0 Å². The quantitative estimate of drug-likeness (QED) is 0.261. The van der Waals surface area contributed by atoms with Gasteiger partial charge in [0.1, 0.15) is 22.3 Å². The fraction of sp³-hybridized carbons (Fsp3) is 0. The minimum Gasteiger partial charge on any atom is -0.457 e. The van der Waals surface area contributed by atoms with E-state index < -0.39 is 11.5 Å². The molecule has 0 aliphatic carbocycles. The standard InChI is InChI=1S/C29H16Cl3N3O3S/c30-17-10-12-24(23(32)14-17)34-27(36)21(16-33)29-35(18-6-2-1-3-7-18)28(37)26(39-29)15-19-11-13-25(38-19)20-8-4-5-9-22(20)31/h1-15H,(H,34,36). The number of para-hydroxylation sites is 1. The maximum Gasteiger partial charge on any atom is 0.273 e. The summed E-state index contributed by atoms with van der Waals surface area (Å²) < 4.78 is 7.69. The summed E-state index contributed by atoms with van der Waals surface area (Å²) in [5.74, 6) is 0.222. The van der Waals surface area contributed by atoms with Crippen molar-refractivity contribution in [2.45, 2.75) is 0 Å². The first kappa shape index (κ1) is 26.5. The lowest BCUT2D eigenvalue weighted by atomic mass is 10.2. The van der Waals surface area contributed by atoms with Crippen molar-refractivity contribution >= 4 is 69.4 Å². The molecule has 5 rings (SSSR count). The molecule has 0 fully saturated rings. The number of thiazole rings is 1. The number of anilines is 1. The zero-order chi connectivity index (χ0) is 27.5. The number of benzene rings is 3. The van der Waals surface area contributed by atoms with Crippen LogP contribution in [0, 0.1) is 11.3 Å². The number of carbonyl (C=O) groups is 1. The van der Waals surface area contributed by atoms with Crippen LogP contribution in [0.1, 0.15) is 5.76 Å². The van der Waals surface area contributed by atoms with Gasteiger partial charge in [-0.1, -0.05) is 65.1 Å². The first-order valence-corrected chi connectivity index (χ1v) is 13.4. The third kappa shape index (κ3) is 5.56. The SMILES string of the molecule is N#CC(C(=O)Nc1ccc(Cl)cc1Cl)=c1sc(=Cc2ccc(-c3ccccc3Cl)o2)c(=O)n1-c1ccccc1.